The van der Waals surface area contributed by atoms with Gasteiger partial charge in [-0.2, -0.15) is 9.78 Å². The molecule has 0 saturated carbocycles. The van der Waals surface area contributed by atoms with Gasteiger partial charge in [-0.05, 0) is 18.6 Å². The van der Waals surface area contributed by atoms with Gasteiger partial charge >= 0.3 is 0 Å². The van der Waals surface area contributed by atoms with Crippen LogP contribution in [0.3, 0.4) is 0 Å². The average Bonchev–Trinajstić information content (AvgIpc) is 2.65. The van der Waals surface area contributed by atoms with Gasteiger partial charge in [-0.1, -0.05) is 11.6 Å². The van der Waals surface area contributed by atoms with Gasteiger partial charge in [0.1, 0.15) is 23.8 Å². The Kier molecular flexibility index (Phi) is 5.46. The summed E-state index contributed by atoms with van der Waals surface area (Å²) in [4.78, 5) is 31.7. The van der Waals surface area contributed by atoms with Gasteiger partial charge in [0, 0.05) is 19.2 Å². The van der Waals surface area contributed by atoms with Gasteiger partial charge in [-0.3, -0.25) is 19.6 Å². The van der Waals surface area contributed by atoms with E-state index in [9.17, 15) is 18.4 Å². The minimum atomic E-state index is -0.887. The van der Waals surface area contributed by atoms with E-state index >= 15 is 0 Å². The summed E-state index contributed by atoms with van der Waals surface area (Å²) in [6.45, 7) is 2.67. The van der Waals surface area contributed by atoms with E-state index in [1.807, 2.05) is 0 Å². The fourth-order valence-electron chi connectivity index (χ4n) is 2.32. The number of Topliss-reactive ketones (excluding diaryl/α,β-unsaturated/α-hetero) is 1. The molecule has 0 radical (unpaired) electrons. The highest BCUT2D eigenvalue weighted by Crippen LogP contribution is 2.22. The smallest absolute Gasteiger partial charge is 0.294 e. The Bertz CT molecular complexity index is 1130. The Morgan fingerprint density at radius 1 is 1.21 bits per heavy atom. The van der Waals surface area contributed by atoms with Crippen LogP contribution < -0.4 is 10.3 Å². The molecule has 0 aliphatic heterocycles. The topological polar surface area (TPSA) is 87.0 Å². The van der Waals surface area contributed by atoms with E-state index < -0.39 is 17.2 Å². The third-order valence-corrected chi connectivity index (χ3v) is 4.15. The standard InChI is InChI=1S/C18H13ClF2N4O3/c1-9-5-22-13(10(2)26)4-15(9)25-18(27)17(19)16(7-24-25)28-8-14-12(21)3-11(20)6-23-14/h3-7H,8H2,1-2H3. The zero-order valence-corrected chi connectivity index (χ0v) is 15.5. The van der Waals surface area contributed by atoms with Crippen LogP contribution in [0.2, 0.25) is 5.02 Å². The lowest BCUT2D eigenvalue weighted by Gasteiger charge is -2.12. The number of aromatic nitrogens is 4. The Labute approximate surface area is 162 Å². The summed E-state index contributed by atoms with van der Waals surface area (Å²) < 4.78 is 32.9. The first-order valence-electron chi connectivity index (χ1n) is 7.96. The molecule has 28 heavy (non-hydrogen) atoms. The number of hydrogen-bond acceptors (Lipinski definition) is 6. The molecule has 3 aromatic heterocycles. The van der Waals surface area contributed by atoms with Gasteiger partial charge in [0.2, 0.25) is 0 Å². The summed E-state index contributed by atoms with van der Waals surface area (Å²) in [6, 6.07) is 2.10. The quantitative estimate of drug-likeness (QED) is 0.605. The van der Waals surface area contributed by atoms with Gasteiger partial charge in [0.05, 0.1) is 18.1 Å². The van der Waals surface area contributed by atoms with Crippen molar-refractivity contribution in [3.05, 3.63) is 74.7 Å². The SMILES string of the molecule is CC(=O)c1cc(-n2ncc(OCc3ncc(F)cc3F)c(Cl)c2=O)c(C)cn1. The summed E-state index contributed by atoms with van der Waals surface area (Å²) in [5.74, 6) is -2.07. The maximum Gasteiger partial charge on any atom is 0.294 e. The maximum absolute atomic E-state index is 13.6. The number of halogens is 3. The highest BCUT2D eigenvalue weighted by atomic mass is 35.5. The molecule has 0 aliphatic carbocycles. The van der Waals surface area contributed by atoms with E-state index in [4.69, 9.17) is 16.3 Å². The third kappa shape index (κ3) is 3.89. The fourth-order valence-corrected chi connectivity index (χ4v) is 2.50. The molecule has 0 unspecified atom stereocenters. The monoisotopic (exact) mass is 406 g/mol. The van der Waals surface area contributed by atoms with Crippen LogP contribution in [0.1, 0.15) is 28.7 Å². The molecule has 0 N–H and O–H groups in total. The fraction of sp³-hybridized carbons (Fsp3) is 0.167. The molecule has 0 bridgehead atoms. The van der Waals surface area contributed by atoms with Crippen LogP contribution in [0.15, 0.2) is 35.5 Å². The van der Waals surface area contributed by atoms with Crippen molar-refractivity contribution in [2.45, 2.75) is 20.5 Å². The molecule has 10 heteroatoms. The van der Waals surface area contributed by atoms with E-state index in [0.29, 0.717) is 17.3 Å². The second kappa shape index (κ2) is 7.81. The van der Waals surface area contributed by atoms with Crippen molar-refractivity contribution in [3.63, 3.8) is 0 Å². The lowest BCUT2D eigenvalue weighted by Crippen LogP contribution is -2.23. The zero-order chi connectivity index (χ0) is 20.4. The number of rotatable bonds is 5. The number of hydrogen-bond donors (Lipinski definition) is 0. The number of ketones is 1. The molecule has 3 aromatic rings. The summed E-state index contributed by atoms with van der Waals surface area (Å²) in [5, 5.41) is 3.71. The van der Waals surface area contributed by atoms with Gasteiger partial charge < -0.3 is 4.74 Å². The molecule has 7 nitrogen and oxygen atoms in total. The number of ether oxygens (including phenoxy) is 1. The number of pyridine rings is 2. The lowest BCUT2D eigenvalue weighted by molar-refractivity contribution is 0.101. The summed E-state index contributed by atoms with van der Waals surface area (Å²) in [6.07, 6.45) is 3.47. The molecule has 0 fully saturated rings. The zero-order valence-electron chi connectivity index (χ0n) is 14.7. The molecule has 0 saturated heterocycles. The molecule has 144 valence electrons. The number of nitrogens with zero attached hydrogens (tertiary/aromatic N) is 4. The van der Waals surface area contributed by atoms with Crippen molar-refractivity contribution in [2.75, 3.05) is 0 Å². The maximum atomic E-state index is 13.6. The van der Waals surface area contributed by atoms with Gasteiger partial charge in [-0.25, -0.2) is 8.78 Å². The summed E-state index contributed by atoms with van der Waals surface area (Å²) in [7, 11) is 0. The van der Waals surface area contributed by atoms with E-state index in [0.717, 1.165) is 10.9 Å². The van der Waals surface area contributed by atoms with Crippen LogP contribution in [-0.2, 0) is 6.61 Å². The van der Waals surface area contributed by atoms with Gasteiger partial charge in [0.15, 0.2) is 22.4 Å². The van der Waals surface area contributed by atoms with E-state index in [1.165, 1.54) is 25.4 Å². The Morgan fingerprint density at radius 2 is 1.96 bits per heavy atom. The number of carbonyl (C=O) groups is 1. The normalized spacial score (nSPS) is 10.8. The van der Waals surface area contributed by atoms with E-state index in [1.54, 1.807) is 6.92 Å². The molecule has 0 spiro atoms. The van der Waals surface area contributed by atoms with Crippen LogP contribution in [0.4, 0.5) is 8.78 Å². The first kappa shape index (κ1) is 19.6. The van der Waals surface area contributed by atoms with Crippen molar-refractivity contribution in [3.8, 4) is 11.4 Å². The van der Waals surface area contributed by atoms with Crippen molar-refractivity contribution in [1.29, 1.82) is 0 Å². The minimum absolute atomic E-state index is 0.0908. The summed E-state index contributed by atoms with van der Waals surface area (Å²) in [5.41, 5.74) is 0.253. The Balaban J connectivity index is 1.93. The Morgan fingerprint density at radius 3 is 2.64 bits per heavy atom. The Hall–Kier alpha value is -3.20. The molecular formula is C18H13ClF2N4O3. The van der Waals surface area contributed by atoms with Crippen LogP contribution >= 0.6 is 11.6 Å². The van der Waals surface area contributed by atoms with Crippen molar-refractivity contribution < 1.29 is 18.3 Å². The average molecular weight is 407 g/mol. The van der Waals surface area contributed by atoms with E-state index in [-0.39, 0.29) is 34.6 Å². The highest BCUT2D eigenvalue weighted by molar-refractivity contribution is 6.31. The highest BCUT2D eigenvalue weighted by Gasteiger charge is 2.16. The van der Waals surface area contributed by atoms with Crippen molar-refractivity contribution >= 4 is 17.4 Å². The molecular weight excluding hydrogens is 394 g/mol. The second-order valence-electron chi connectivity index (χ2n) is 5.82. The van der Waals surface area contributed by atoms with Gasteiger partial charge in [-0.15, -0.1) is 0 Å². The predicted molar refractivity (Wildman–Crippen MR) is 95.9 cm³/mol. The molecule has 3 heterocycles. The molecule has 0 aliphatic rings. The molecule has 0 aromatic carbocycles. The largest absolute Gasteiger partial charge is 0.484 e. The first-order valence-corrected chi connectivity index (χ1v) is 8.34. The van der Waals surface area contributed by atoms with E-state index in [2.05, 4.69) is 15.1 Å². The second-order valence-corrected chi connectivity index (χ2v) is 6.20. The number of aryl methyl sites for hydroxylation is 1. The number of carbonyl (C=O) groups excluding carboxylic acids is 1. The molecule has 0 amide bonds. The summed E-state index contributed by atoms with van der Waals surface area (Å²) >= 11 is 6.08. The first-order chi connectivity index (χ1) is 13.3. The molecule has 0 atom stereocenters. The van der Waals surface area contributed by atoms with Crippen molar-refractivity contribution in [2.24, 2.45) is 0 Å². The van der Waals surface area contributed by atoms with Crippen LogP contribution in [0, 0.1) is 18.6 Å². The third-order valence-electron chi connectivity index (χ3n) is 3.80. The molecule has 3 rings (SSSR count). The van der Waals surface area contributed by atoms with Crippen LogP contribution in [-0.4, -0.2) is 25.5 Å². The van der Waals surface area contributed by atoms with Crippen LogP contribution in [0.25, 0.3) is 5.69 Å². The predicted octanol–water partition coefficient (Wildman–Crippen LogP) is 3.04. The van der Waals surface area contributed by atoms with Gasteiger partial charge in [0.25, 0.3) is 5.56 Å². The van der Waals surface area contributed by atoms with Crippen molar-refractivity contribution in [1.82, 2.24) is 19.7 Å². The van der Waals surface area contributed by atoms with Crippen LogP contribution in [0.5, 0.6) is 5.75 Å². The minimum Gasteiger partial charge on any atom is -0.484 e. The lowest BCUT2D eigenvalue weighted by atomic mass is 10.2.